The molecule has 0 atom stereocenters. The van der Waals surface area contributed by atoms with Crippen LogP contribution in [0.3, 0.4) is 0 Å². The number of sulfonamides is 1. The van der Waals surface area contributed by atoms with Crippen molar-refractivity contribution in [3.05, 3.63) is 52.7 Å². The van der Waals surface area contributed by atoms with Crippen molar-refractivity contribution in [3.8, 4) is 0 Å². The van der Waals surface area contributed by atoms with Crippen LogP contribution in [0.1, 0.15) is 12.8 Å². The molecule has 0 saturated carbocycles. The Labute approximate surface area is 157 Å². The van der Waals surface area contributed by atoms with Crippen LogP contribution in [0.2, 0.25) is 0 Å². The van der Waals surface area contributed by atoms with Crippen LogP contribution in [0.15, 0.2) is 47.5 Å². The van der Waals surface area contributed by atoms with Crippen LogP contribution in [0.4, 0.5) is 17.2 Å². The van der Waals surface area contributed by atoms with Crippen LogP contribution in [0.25, 0.3) is 0 Å². The van der Waals surface area contributed by atoms with Crippen LogP contribution >= 0.6 is 0 Å². The normalized spacial score (nSPS) is 14.8. The topological polar surface area (TPSA) is 119 Å². The lowest BCUT2D eigenvalue weighted by molar-refractivity contribution is -0.384. The number of pyridine rings is 1. The number of hydrogen-bond donors (Lipinski definition) is 2. The molecule has 0 unspecified atom stereocenters. The molecule has 0 aliphatic carbocycles. The highest BCUT2D eigenvalue weighted by Crippen LogP contribution is 2.30. The van der Waals surface area contributed by atoms with E-state index in [9.17, 15) is 18.5 Å². The van der Waals surface area contributed by atoms with Gasteiger partial charge in [-0.15, -0.1) is 0 Å². The van der Waals surface area contributed by atoms with Gasteiger partial charge in [0, 0.05) is 25.2 Å². The summed E-state index contributed by atoms with van der Waals surface area (Å²) in [5.74, 6) is 0.834. The number of nitro benzene ring substituents is 1. The summed E-state index contributed by atoms with van der Waals surface area (Å²) in [6.45, 7) is 1.88. The van der Waals surface area contributed by atoms with E-state index >= 15 is 0 Å². The Kier molecular flexibility index (Phi) is 5.87. The van der Waals surface area contributed by atoms with Gasteiger partial charge in [-0.05, 0) is 31.0 Å². The Balaban J connectivity index is 1.69. The Morgan fingerprint density at radius 2 is 1.85 bits per heavy atom. The molecule has 1 fully saturated rings. The molecule has 0 bridgehead atoms. The van der Waals surface area contributed by atoms with Gasteiger partial charge in [-0.3, -0.25) is 15.4 Å². The molecule has 0 spiro atoms. The molecule has 0 radical (unpaired) electrons. The van der Waals surface area contributed by atoms with E-state index in [4.69, 9.17) is 0 Å². The Morgan fingerprint density at radius 3 is 2.52 bits per heavy atom. The number of rotatable bonds is 8. The first kappa shape index (κ1) is 19.1. The van der Waals surface area contributed by atoms with Gasteiger partial charge in [0.15, 0.2) is 0 Å². The SMILES string of the molecule is O=[N+]([O-])c1cc(S(=O)(=O)N2CCCC2)ccc1NCCNc1cccc[nH+]1. The van der Waals surface area contributed by atoms with Gasteiger partial charge in [0.05, 0.1) is 22.6 Å². The molecular weight excluding hydrogens is 370 g/mol. The van der Waals surface area contributed by atoms with Crippen molar-refractivity contribution < 1.29 is 18.3 Å². The highest BCUT2D eigenvalue weighted by Gasteiger charge is 2.29. The van der Waals surface area contributed by atoms with Crippen molar-refractivity contribution in [3.63, 3.8) is 0 Å². The Hall–Kier alpha value is -2.72. The fourth-order valence-electron chi connectivity index (χ4n) is 2.95. The molecule has 10 heteroatoms. The first-order valence-corrected chi connectivity index (χ1v) is 10.2. The fraction of sp³-hybridized carbons (Fsp3) is 0.353. The van der Waals surface area contributed by atoms with E-state index in [0.29, 0.717) is 31.9 Å². The third kappa shape index (κ3) is 4.52. The molecule has 27 heavy (non-hydrogen) atoms. The number of aromatic amines is 1. The molecule has 2 aromatic rings. The highest BCUT2D eigenvalue weighted by molar-refractivity contribution is 7.89. The molecular formula is C17H22N5O4S+. The minimum Gasteiger partial charge on any atom is -0.376 e. The summed E-state index contributed by atoms with van der Waals surface area (Å²) < 4.78 is 26.6. The molecule has 1 saturated heterocycles. The smallest absolute Gasteiger partial charge is 0.293 e. The van der Waals surface area contributed by atoms with Crippen LogP contribution in [0.5, 0.6) is 0 Å². The van der Waals surface area contributed by atoms with Crippen molar-refractivity contribution in [1.82, 2.24) is 4.31 Å². The average Bonchev–Trinajstić information content (AvgIpc) is 3.21. The zero-order chi connectivity index (χ0) is 19.3. The second kappa shape index (κ2) is 8.31. The third-order valence-electron chi connectivity index (χ3n) is 4.33. The van der Waals surface area contributed by atoms with E-state index in [-0.39, 0.29) is 10.6 Å². The maximum Gasteiger partial charge on any atom is 0.293 e. The summed E-state index contributed by atoms with van der Waals surface area (Å²) in [6.07, 6.45) is 3.42. The number of nitrogens with zero attached hydrogens (tertiary/aromatic N) is 2. The molecule has 3 N–H and O–H groups in total. The van der Waals surface area contributed by atoms with Crippen LogP contribution < -0.4 is 15.6 Å². The van der Waals surface area contributed by atoms with Crippen LogP contribution in [-0.4, -0.2) is 43.8 Å². The minimum atomic E-state index is -3.69. The second-order valence-electron chi connectivity index (χ2n) is 6.18. The zero-order valence-electron chi connectivity index (χ0n) is 14.7. The zero-order valence-corrected chi connectivity index (χ0v) is 15.5. The number of H-pyrrole nitrogens is 1. The van der Waals surface area contributed by atoms with Gasteiger partial charge in [0.2, 0.25) is 10.0 Å². The molecule has 3 rings (SSSR count). The lowest BCUT2D eigenvalue weighted by atomic mass is 10.2. The number of anilines is 2. The minimum absolute atomic E-state index is 0.0429. The molecule has 1 aliphatic rings. The lowest BCUT2D eigenvalue weighted by Gasteiger charge is -2.16. The maximum absolute atomic E-state index is 12.6. The van der Waals surface area contributed by atoms with Gasteiger partial charge in [-0.1, -0.05) is 6.07 Å². The quantitative estimate of drug-likeness (QED) is 0.401. The van der Waals surface area contributed by atoms with Crippen molar-refractivity contribution in [1.29, 1.82) is 0 Å². The van der Waals surface area contributed by atoms with E-state index in [1.165, 1.54) is 16.4 Å². The van der Waals surface area contributed by atoms with E-state index in [1.54, 1.807) is 6.20 Å². The van der Waals surface area contributed by atoms with Gasteiger partial charge >= 0.3 is 0 Å². The summed E-state index contributed by atoms with van der Waals surface area (Å²) in [5.41, 5.74) is 0.0424. The Bertz CT molecular complexity index is 899. The summed E-state index contributed by atoms with van der Waals surface area (Å²) >= 11 is 0. The molecule has 144 valence electrons. The van der Waals surface area contributed by atoms with Crippen LogP contribution in [0, 0.1) is 10.1 Å². The maximum atomic E-state index is 12.6. The fourth-order valence-corrected chi connectivity index (χ4v) is 4.49. The van der Waals surface area contributed by atoms with E-state index < -0.39 is 14.9 Å². The van der Waals surface area contributed by atoms with E-state index in [0.717, 1.165) is 24.7 Å². The van der Waals surface area contributed by atoms with E-state index in [1.807, 2.05) is 18.2 Å². The standard InChI is InChI=1S/C17H21N5O4S/c23-22(24)16-13-14(27(25,26)21-11-3-4-12-21)6-7-15(16)18-9-10-20-17-5-1-2-8-19-17/h1-2,5-8,13,18H,3-4,9-12H2,(H,19,20)/p+1. The van der Waals surface area contributed by atoms with Gasteiger partial charge in [0.1, 0.15) is 12.2 Å². The van der Waals surface area contributed by atoms with Crippen LogP contribution in [-0.2, 0) is 10.0 Å². The van der Waals surface area contributed by atoms with Gasteiger partial charge in [-0.2, -0.15) is 4.31 Å². The summed E-state index contributed by atoms with van der Waals surface area (Å²) in [4.78, 5) is 13.8. The molecule has 9 nitrogen and oxygen atoms in total. The molecule has 2 heterocycles. The third-order valence-corrected chi connectivity index (χ3v) is 6.23. The molecule has 1 aliphatic heterocycles. The number of nitrogens with one attached hydrogen (secondary N) is 3. The van der Waals surface area contributed by atoms with Crippen molar-refractivity contribution >= 4 is 27.2 Å². The van der Waals surface area contributed by atoms with Crippen molar-refractivity contribution in [2.75, 3.05) is 36.8 Å². The number of benzene rings is 1. The summed E-state index contributed by atoms with van der Waals surface area (Å²) in [5, 5.41) is 17.5. The molecule has 0 amide bonds. The molecule has 1 aromatic heterocycles. The first-order chi connectivity index (χ1) is 13.0. The summed E-state index contributed by atoms with van der Waals surface area (Å²) in [6, 6.07) is 9.63. The van der Waals surface area contributed by atoms with E-state index in [2.05, 4.69) is 15.6 Å². The predicted octanol–water partition coefficient (Wildman–Crippen LogP) is 1.72. The van der Waals surface area contributed by atoms with Gasteiger partial charge in [-0.25, -0.2) is 13.4 Å². The van der Waals surface area contributed by atoms with Crippen molar-refractivity contribution in [2.24, 2.45) is 0 Å². The number of hydrogen-bond acceptors (Lipinski definition) is 6. The monoisotopic (exact) mass is 392 g/mol. The largest absolute Gasteiger partial charge is 0.376 e. The lowest BCUT2D eigenvalue weighted by Crippen LogP contribution is -2.28. The summed E-state index contributed by atoms with van der Waals surface area (Å²) in [7, 11) is -3.69. The molecule has 1 aromatic carbocycles. The van der Waals surface area contributed by atoms with Gasteiger partial charge in [0.25, 0.3) is 11.5 Å². The highest BCUT2D eigenvalue weighted by atomic mass is 32.2. The first-order valence-electron chi connectivity index (χ1n) is 8.71. The Morgan fingerprint density at radius 1 is 1.11 bits per heavy atom. The average molecular weight is 392 g/mol. The number of nitro groups is 1. The van der Waals surface area contributed by atoms with Crippen molar-refractivity contribution in [2.45, 2.75) is 17.7 Å². The van der Waals surface area contributed by atoms with Gasteiger partial charge < -0.3 is 5.32 Å². The predicted molar refractivity (Wildman–Crippen MR) is 101 cm³/mol. The number of aromatic nitrogens is 1. The second-order valence-corrected chi connectivity index (χ2v) is 8.11.